The Morgan fingerprint density at radius 3 is 2.71 bits per heavy atom. The minimum atomic E-state index is -0.452. The molecule has 6 heteroatoms. The molecule has 0 N–H and O–H groups in total. The van der Waals surface area contributed by atoms with Crippen molar-refractivity contribution in [3.8, 4) is 0 Å². The largest absolute Gasteiger partial charge is 0.444 e. The lowest BCUT2D eigenvalue weighted by Crippen LogP contribution is -2.53. The van der Waals surface area contributed by atoms with E-state index in [1.807, 2.05) is 33.2 Å². The molecule has 1 aromatic rings. The predicted octanol–water partition coefficient (Wildman–Crippen LogP) is 2.64. The van der Waals surface area contributed by atoms with Gasteiger partial charge in [-0.1, -0.05) is 0 Å². The fourth-order valence-electron chi connectivity index (χ4n) is 3.25. The zero-order valence-corrected chi connectivity index (χ0v) is 15.0. The maximum atomic E-state index is 12.1. The van der Waals surface area contributed by atoms with Gasteiger partial charge < -0.3 is 19.3 Å². The van der Waals surface area contributed by atoms with Crippen molar-refractivity contribution >= 4 is 11.8 Å². The molecule has 2 aliphatic rings. The molecular weight excluding hydrogens is 306 g/mol. The molecule has 2 saturated heterocycles. The van der Waals surface area contributed by atoms with Gasteiger partial charge in [0.15, 0.2) is 0 Å². The summed E-state index contributed by atoms with van der Waals surface area (Å²) >= 11 is 0. The Hall–Kier alpha value is -1.82. The summed E-state index contributed by atoms with van der Waals surface area (Å²) in [6.07, 6.45) is 4.70. The molecule has 3 rings (SSSR count). The first-order chi connectivity index (χ1) is 11.4. The molecule has 0 aromatic carbocycles. The van der Waals surface area contributed by atoms with Gasteiger partial charge in [-0.3, -0.25) is 4.98 Å². The molecular formula is C18H27N3O3. The van der Waals surface area contributed by atoms with Gasteiger partial charge in [-0.25, -0.2) is 4.79 Å². The molecule has 3 heterocycles. The molecule has 0 aliphatic carbocycles. The highest BCUT2D eigenvalue weighted by Crippen LogP contribution is 2.37. The van der Waals surface area contributed by atoms with Crippen LogP contribution >= 0.6 is 0 Å². The Morgan fingerprint density at radius 1 is 1.38 bits per heavy atom. The number of anilines is 1. The summed E-state index contributed by atoms with van der Waals surface area (Å²) in [6.45, 7) is 8.85. The highest BCUT2D eigenvalue weighted by atomic mass is 16.6. The first kappa shape index (κ1) is 17.0. The van der Waals surface area contributed by atoms with Gasteiger partial charge >= 0.3 is 6.09 Å². The van der Waals surface area contributed by atoms with Crippen LogP contribution in [0.15, 0.2) is 18.5 Å². The number of nitrogens with zero attached hydrogens (tertiary/aromatic N) is 3. The Morgan fingerprint density at radius 2 is 2.12 bits per heavy atom. The lowest BCUT2D eigenvalue weighted by atomic mass is 9.89. The van der Waals surface area contributed by atoms with E-state index in [1.54, 1.807) is 12.0 Å². The quantitative estimate of drug-likeness (QED) is 0.848. The summed E-state index contributed by atoms with van der Waals surface area (Å²) in [6, 6.07) is 2.52. The highest BCUT2D eigenvalue weighted by molar-refractivity contribution is 5.70. The molecule has 0 saturated carbocycles. The number of methoxy groups -OCH3 is 1. The second kappa shape index (κ2) is 6.59. The van der Waals surface area contributed by atoms with Crippen molar-refractivity contribution in [2.75, 3.05) is 38.3 Å². The zero-order valence-electron chi connectivity index (χ0n) is 15.0. The smallest absolute Gasteiger partial charge is 0.410 e. The van der Waals surface area contributed by atoms with Gasteiger partial charge in [0.2, 0.25) is 0 Å². The monoisotopic (exact) mass is 333 g/mol. The molecule has 24 heavy (non-hydrogen) atoms. The number of aromatic nitrogens is 1. The van der Waals surface area contributed by atoms with Gasteiger partial charge in [0, 0.05) is 56.3 Å². The van der Waals surface area contributed by atoms with Crippen LogP contribution in [0.5, 0.6) is 0 Å². The number of amides is 1. The maximum absolute atomic E-state index is 12.1. The molecule has 132 valence electrons. The number of hydrogen-bond donors (Lipinski definition) is 0. The van der Waals surface area contributed by atoms with Crippen LogP contribution in [0, 0.1) is 0 Å². The number of carbonyl (C=O) groups excluding carboxylic acids is 1. The Bertz CT molecular complexity index is 593. The lowest BCUT2D eigenvalue weighted by Gasteiger charge is -2.46. The molecule has 2 aliphatic heterocycles. The number of hydrogen-bond acceptors (Lipinski definition) is 5. The Labute approximate surface area is 143 Å². The van der Waals surface area contributed by atoms with Gasteiger partial charge in [0.05, 0.1) is 12.6 Å². The van der Waals surface area contributed by atoms with Crippen LogP contribution in [-0.4, -0.2) is 61.0 Å². The summed E-state index contributed by atoms with van der Waals surface area (Å²) in [5.74, 6) is 0.324. The van der Waals surface area contributed by atoms with E-state index in [0.29, 0.717) is 25.0 Å². The highest BCUT2D eigenvalue weighted by Gasteiger charge is 2.38. The van der Waals surface area contributed by atoms with Crippen molar-refractivity contribution in [3.63, 3.8) is 0 Å². The van der Waals surface area contributed by atoms with Crippen LogP contribution in [-0.2, 0) is 9.47 Å². The maximum Gasteiger partial charge on any atom is 0.410 e. The predicted molar refractivity (Wildman–Crippen MR) is 92.4 cm³/mol. The van der Waals surface area contributed by atoms with Crippen molar-refractivity contribution in [2.24, 2.45) is 0 Å². The third-order valence-corrected chi connectivity index (χ3v) is 4.61. The molecule has 0 bridgehead atoms. The fraction of sp³-hybridized carbons (Fsp3) is 0.667. The van der Waals surface area contributed by atoms with Crippen LogP contribution in [0.3, 0.4) is 0 Å². The van der Waals surface area contributed by atoms with Crippen molar-refractivity contribution < 1.29 is 14.3 Å². The standard InChI is InChI=1S/C18H27N3O3/c1-18(2,3)24-17(22)20-10-13(11-20)15-9-19-7-5-16(15)21-8-6-14(21)12-23-4/h5,7,9,13-14H,6,8,10-12H2,1-4H3/t14-/m0/s1. The molecule has 2 fully saturated rings. The summed E-state index contributed by atoms with van der Waals surface area (Å²) in [4.78, 5) is 20.5. The van der Waals surface area contributed by atoms with Crippen LogP contribution in [0.25, 0.3) is 0 Å². The van der Waals surface area contributed by atoms with E-state index in [2.05, 4.69) is 16.0 Å². The van der Waals surface area contributed by atoms with Crippen LogP contribution in [0.1, 0.15) is 38.7 Å². The molecule has 1 amide bonds. The normalized spacial score (nSPS) is 21.2. The molecule has 1 atom stereocenters. The van der Waals surface area contributed by atoms with E-state index < -0.39 is 5.60 Å². The van der Waals surface area contributed by atoms with E-state index in [4.69, 9.17) is 9.47 Å². The molecule has 0 unspecified atom stereocenters. The topological polar surface area (TPSA) is 54.9 Å². The van der Waals surface area contributed by atoms with Crippen molar-refractivity contribution in [1.29, 1.82) is 0 Å². The minimum absolute atomic E-state index is 0.231. The van der Waals surface area contributed by atoms with E-state index >= 15 is 0 Å². The number of ether oxygens (including phenoxy) is 2. The van der Waals surface area contributed by atoms with Crippen molar-refractivity contribution in [2.45, 2.75) is 44.8 Å². The second-order valence-corrected chi connectivity index (χ2v) is 7.61. The van der Waals surface area contributed by atoms with Gasteiger partial charge in [0.1, 0.15) is 5.60 Å². The third kappa shape index (κ3) is 3.48. The number of rotatable bonds is 4. The lowest BCUT2D eigenvalue weighted by molar-refractivity contribution is 0.00817. The van der Waals surface area contributed by atoms with Crippen molar-refractivity contribution in [3.05, 3.63) is 24.0 Å². The molecule has 6 nitrogen and oxygen atoms in total. The fourth-order valence-corrected chi connectivity index (χ4v) is 3.25. The molecule has 0 radical (unpaired) electrons. The number of pyridine rings is 1. The zero-order chi connectivity index (χ0) is 17.3. The molecule has 0 spiro atoms. The van der Waals surface area contributed by atoms with Crippen molar-refractivity contribution in [1.82, 2.24) is 9.88 Å². The van der Waals surface area contributed by atoms with E-state index in [1.165, 1.54) is 11.3 Å². The van der Waals surface area contributed by atoms with Gasteiger partial charge in [-0.15, -0.1) is 0 Å². The first-order valence-electron chi connectivity index (χ1n) is 8.56. The summed E-state index contributed by atoms with van der Waals surface area (Å²) in [7, 11) is 1.74. The summed E-state index contributed by atoms with van der Waals surface area (Å²) in [5.41, 5.74) is 2.00. The summed E-state index contributed by atoms with van der Waals surface area (Å²) < 4.78 is 10.7. The second-order valence-electron chi connectivity index (χ2n) is 7.61. The molecule has 1 aromatic heterocycles. The van der Waals surface area contributed by atoms with Gasteiger partial charge in [-0.2, -0.15) is 0 Å². The van der Waals surface area contributed by atoms with Gasteiger partial charge in [0.25, 0.3) is 0 Å². The van der Waals surface area contributed by atoms with Crippen LogP contribution in [0.4, 0.5) is 10.5 Å². The Kier molecular flexibility index (Phi) is 4.67. The van der Waals surface area contributed by atoms with E-state index in [0.717, 1.165) is 19.6 Å². The van der Waals surface area contributed by atoms with Crippen LogP contribution < -0.4 is 4.90 Å². The average Bonchev–Trinajstić information content (AvgIpc) is 2.42. The van der Waals surface area contributed by atoms with Gasteiger partial charge in [-0.05, 0) is 33.3 Å². The average molecular weight is 333 g/mol. The van der Waals surface area contributed by atoms with E-state index in [9.17, 15) is 4.79 Å². The third-order valence-electron chi connectivity index (χ3n) is 4.61. The SMILES string of the molecule is COC[C@@H]1CCN1c1ccncc1C1CN(C(=O)OC(C)(C)C)C1. The van der Waals surface area contributed by atoms with Crippen LogP contribution in [0.2, 0.25) is 0 Å². The first-order valence-corrected chi connectivity index (χ1v) is 8.56. The van der Waals surface area contributed by atoms with E-state index in [-0.39, 0.29) is 6.09 Å². The number of likely N-dealkylation sites (tertiary alicyclic amines) is 1. The summed E-state index contributed by atoms with van der Waals surface area (Å²) in [5, 5.41) is 0. The minimum Gasteiger partial charge on any atom is -0.444 e. The Balaban J connectivity index is 1.64. The number of carbonyl (C=O) groups is 1.